The van der Waals surface area contributed by atoms with Crippen molar-refractivity contribution >= 4 is 17.5 Å². The Hall–Kier alpha value is -1.88. The first-order valence-corrected chi connectivity index (χ1v) is 10.3. The van der Waals surface area contributed by atoms with Crippen molar-refractivity contribution in [3.8, 4) is 0 Å². The highest BCUT2D eigenvalue weighted by atomic mass is 16.2. The molecule has 5 heteroatoms. The lowest BCUT2D eigenvalue weighted by atomic mass is 9.77. The second-order valence-electron chi connectivity index (χ2n) is 9.39. The number of amides is 2. The molecule has 0 atom stereocenters. The summed E-state index contributed by atoms with van der Waals surface area (Å²) in [5.41, 5.74) is 2.60. The smallest absolute Gasteiger partial charge is 0.251 e. The van der Waals surface area contributed by atoms with Gasteiger partial charge >= 0.3 is 0 Å². The van der Waals surface area contributed by atoms with Gasteiger partial charge in [0, 0.05) is 41.6 Å². The highest BCUT2D eigenvalue weighted by Gasteiger charge is 2.44. The van der Waals surface area contributed by atoms with Gasteiger partial charge in [-0.15, -0.1) is 0 Å². The lowest BCUT2D eigenvalue weighted by molar-refractivity contribution is -0.117. The first kappa shape index (κ1) is 18.5. The Balaban J connectivity index is 1.40. The summed E-state index contributed by atoms with van der Waals surface area (Å²) < 4.78 is 0. The molecule has 2 amide bonds. The molecule has 27 heavy (non-hydrogen) atoms. The fraction of sp³-hybridized carbons (Fsp3) is 0.636. The van der Waals surface area contributed by atoms with Crippen LogP contribution in [0.2, 0.25) is 0 Å². The molecule has 0 unspecified atom stereocenters. The van der Waals surface area contributed by atoms with E-state index in [1.165, 1.54) is 45.2 Å². The molecular formula is C22H31N3O2. The first-order chi connectivity index (χ1) is 12.9. The van der Waals surface area contributed by atoms with Crippen LogP contribution in [0.5, 0.6) is 0 Å². The van der Waals surface area contributed by atoms with E-state index in [4.69, 9.17) is 0 Å². The number of piperidine rings is 1. The van der Waals surface area contributed by atoms with Gasteiger partial charge in [-0.2, -0.15) is 0 Å². The summed E-state index contributed by atoms with van der Waals surface area (Å²) in [5, 5.41) is 6.10. The fourth-order valence-electron chi connectivity index (χ4n) is 4.57. The number of hydrogen-bond acceptors (Lipinski definition) is 3. The zero-order chi connectivity index (χ0) is 19.1. The van der Waals surface area contributed by atoms with Gasteiger partial charge in [-0.05, 0) is 62.5 Å². The molecular weight excluding hydrogens is 338 g/mol. The Morgan fingerprint density at radius 1 is 1.19 bits per heavy atom. The Bertz CT molecular complexity index is 746. The van der Waals surface area contributed by atoms with E-state index in [1.54, 1.807) is 0 Å². The van der Waals surface area contributed by atoms with Crippen LogP contribution in [0, 0.1) is 5.41 Å². The molecule has 1 aliphatic carbocycles. The van der Waals surface area contributed by atoms with Crippen LogP contribution in [0.1, 0.15) is 68.3 Å². The Labute approximate surface area is 161 Å². The molecule has 146 valence electrons. The van der Waals surface area contributed by atoms with Crippen LogP contribution in [0.25, 0.3) is 0 Å². The monoisotopic (exact) mass is 369 g/mol. The molecule has 1 aromatic carbocycles. The minimum atomic E-state index is -0.250. The predicted octanol–water partition coefficient (Wildman–Crippen LogP) is 3.30. The van der Waals surface area contributed by atoms with Gasteiger partial charge in [0.15, 0.2) is 0 Å². The summed E-state index contributed by atoms with van der Waals surface area (Å²) in [6.07, 6.45) is 6.85. The Morgan fingerprint density at radius 3 is 2.63 bits per heavy atom. The van der Waals surface area contributed by atoms with Gasteiger partial charge in [0.05, 0.1) is 0 Å². The van der Waals surface area contributed by atoms with Crippen molar-refractivity contribution in [3.63, 3.8) is 0 Å². The molecule has 2 fully saturated rings. The summed E-state index contributed by atoms with van der Waals surface area (Å²) in [4.78, 5) is 27.2. The van der Waals surface area contributed by atoms with Crippen molar-refractivity contribution in [2.75, 3.05) is 31.5 Å². The van der Waals surface area contributed by atoms with E-state index in [0.717, 1.165) is 24.3 Å². The maximum Gasteiger partial charge on any atom is 0.251 e. The summed E-state index contributed by atoms with van der Waals surface area (Å²) in [6, 6.07) is 5.64. The molecule has 1 saturated heterocycles. The van der Waals surface area contributed by atoms with Crippen molar-refractivity contribution in [3.05, 3.63) is 29.3 Å². The number of carbonyl (C=O) groups excluding carboxylic acids is 2. The molecule has 1 saturated carbocycles. The number of benzene rings is 1. The Kier molecular flexibility index (Phi) is 4.75. The maximum absolute atomic E-state index is 12.8. The molecule has 2 heterocycles. The maximum atomic E-state index is 12.8. The first-order valence-electron chi connectivity index (χ1n) is 10.3. The van der Waals surface area contributed by atoms with E-state index in [1.807, 2.05) is 18.2 Å². The van der Waals surface area contributed by atoms with Gasteiger partial charge < -0.3 is 15.5 Å². The highest BCUT2D eigenvalue weighted by Crippen LogP contribution is 2.46. The van der Waals surface area contributed by atoms with Crippen LogP contribution < -0.4 is 10.6 Å². The van der Waals surface area contributed by atoms with Crippen LogP contribution in [-0.4, -0.2) is 42.9 Å². The van der Waals surface area contributed by atoms with Gasteiger partial charge in [0.1, 0.15) is 0 Å². The normalized spacial score (nSPS) is 23.3. The highest BCUT2D eigenvalue weighted by molar-refractivity contribution is 5.98. The van der Waals surface area contributed by atoms with E-state index >= 15 is 0 Å². The third-order valence-corrected chi connectivity index (χ3v) is 6.48. The summed E-state index contributed by atoms with van der Waals surface area (Å²) in [6.45, 7) is 8.42. The quantitative estimate of drug-likeness (QED) is 0.837. The molecule has 0 bridgehead atoms. The zero-order valence-corrected chi connectivity index (χ0v) is 16.6. The van der Waals surface area contributed by atoms with E-state index in [-0.39, 0.29) is 22.6 Å². The lowest BCUT2D eigenvalue weighted by Gasteiger charge is -2.32. The van der Waals surface area contributed by atoms with Crippen molar-refractivity contribution in [1.82, 2.24) is 10.2 Å². The van der Waals surface area contributed by atoms with E-state index in [2.05, 4.69) is 29.4 Å². The predicted molar refractivity (Wildman–Crippen MR) is 107 cm³/mol. The van der Waals surface area contributed by atoms with Crippen molar-refractivity contribution in [2.24, 2.45) is 5.41 Å². The van der Waals surface area contributed by atoms with Gasteiger partial charge in [-0.25, -0.2) is 0 Å². The number of carbonyl (C=O) groups is 2. The molecule has 0 spiro atoms. The van der Waals surface area contributed by atoms with Crippen LogP contribution in [0.4, 0.5) is 5.69 Å². The number of likely N-dealkylation sites (tertiary alicyclic amines) is 1. The standard InChI is InChI=1S/C22H31N3O2/c1-21(2)13-19(26)24-18-7-6-16(12-17(18)21)20(27)23-14-22(8-9-22)15-25-10-4-3-5-11-25/h6-7,12H,3-5,8-11,13-15H2,1-2H3,(H,23,27)(H,24,26). The largest absolute Gasteiger partial charge is 0.351 e. The minimum Gasteiger partial charge on any atom is -0.351 e. The van der Waals surface area contributed by atoms with Crippen LogP contribution in [-0.2, 0) is 10.2 Å². The van der Waals surface area contributed by atoms with E-state index in [9.17, 15) is 9.59 Å². The van der Waals surface area contributed by atoms with Crippen LogP contribution >= 0.6 is 0 Å². The van der Waals surface area contributed by atoms with Crippen LogP contribution in [0.15, 0.2) is 18.2 Å². The third kappa shape index (κ3) is 4.03. The van der Waals surface area contributed by atoms with Gasteiger partial charge in [-0.3, -0.25) is 9.59 Å². The average Bonchev–Trinajstić information content (AvgIpc) is 3.39. The molecule has 2 aliphatic heterocycles. The SMILES string of the molecule is CC1(C)CC(=O)Nc2ccc(C(=O)NCC3(CN4CCCCC4)CC3)cc21. The second kappa shape index (κ2) is 6.93. The number of nitrogens with zero attached hydrogens (tertiary/aromatic N) is 1. The van der Waals surface area contributed by atoms with Crippen molar-refractivity contribution in [1.29, 1.82) is 0 Å². The van der Waals surface area contributed by atoms with E-state index < -0.39 is 0 Å². The summed E-state index contributed by atoms with van der Waals surface area (Å²) in [5.74, 6) is 0.0357. The molecule has 4 rings (SSSR count). The average molecular weight is 370 g/mol. The number of rotatable bonds is 5. The topological polar surface area (TPSA) is 61.4 Å². The lowest BCUT2D eigenvalue weighted by Crippen LogP contribution is -2.40. The molecule has 5 nitrogen and oxygen atoms in total. The molecule has 0 radical (unpaired) electrons. The molecule has 2 N–H and O–H groups in total. The number of hydrogen-bond donors (Lipinski definition) is 2. The third-order valence-electron chi connectivity index (χ3n) is 6.48. The van der Waals surface area contributed by atoms with Crippen molar-refractivity contribution < 1.29 is 9.59 Å². The fourth-order valence-corrected chi connectivity index (χ4v) is 4.57. The van der Waals surface area contributed by atoms with Gasteiger partial charge in [0.25, 0.3) is 5.91 Å². The minimum absolute atomic E-state index is 0.00424. The van der Waals surface area contributed by atoms with Gasteiger partial charge in [-0.1, -0.05) is 20.3 Å². The number of fused-ring (bicyclic) bond motifs is 1. The molecule has 3 aliphatic rings. The van der Waals surface area contributed by atoms with Crippen LogP contribution in [0.3, 0.4) is 0 Å². The zero-order valence-electron chi connectivity index (χ0n) is 16.6. The Morgan fingerprint density at radius 2 is 1.93 bits per heavy atom. The van der Waals surface area contributed by atoms with Gasteiger partial charge in [0.2, 0.25) is 5.91 Å². The van der Waals surface area contributed by atoms with E-state index in [0.29, 0.717) is 12.0 Å². The molecule has 1 aromatic rings. The van der Waals surface area contributed by atoms with Crippen molar-refractivity contribution in [2.45, 2.75) is 57.8 Å². The summed E-state index contributed by atoms with van der Waals surface area (Å²) >= 11 is 0. The number of nitrogens with one attached hydrogen (secondary N) is 2. The number of anilines is 1. The summed E-state index contributed by atoms with van der Waals surface area (Å²) in [7, 11) is 0. The second-order valence-corrected chi connectivity index (χ2v) is 9.39. The molecule has 0 aromatic heterocycles.